The van der Waals surface area contributed by atoms with Crippen LogP contribution in [0.2, 0.25) is 0 Å². The summed E-state index contributed by atoms with van der Waals surface area (Å²) >= 11 is 5.29. The van der Waals surface area contributed by atoms with E-state index in [4.69, 9.17) is 5.73 Å². The molecule has 0 spiro atoms. The van der Waals surface area contributed by atoms with Gasteiger partial charge in [0.1, 0.15) is 5.82 Å². The SMILES string of the molecule is CC1C[C@@H](N)c2c(F)ccc(Br)c2CS1. The molecule has 0 amide bonds. The second-order valence-corrected chi connectivity index (χ2v) is 6.17. The van der Waals surface area contributed by atoms with Crippen LogP contribution < -0.4 is 5.73 Å². The normalized spacial score (nSPS) is 25.9. The molecule has 0 saturated heterocycles. The van der Waals surface area contributed by atoms with Crippen LogP contribution in [0.1, 0.15) is 30.5 Å². The first-order chi connectivity index (χ1) is 7.09. The van der Waals surface area contributed by atoms with Crippen LogP contribution in [0.15, 0.2) is 16.6 Å². The Morgan fingerprint density at radius 1 is 1.53 bits per heavy atom. The van der Waals surface area contributed by atoms with Gasteiger partial charge >= 0.3 is 0 Å². The third kappa shape index (κ3) is 2.22. The maximum Gasteiger partial charge on any atom is 0.128 e. The quantitative estimate of drug-likeness (QED) is 0.790. The molecule has 1 aromatic carbocycles. The van der Waals surface area contributed by atoms with Gasteiger partial charge in [-0.3, -0.25) is 0 Å². The molecule has 0 aliphatic carbocycles. The van der Waals surface area contributed by atoms with Crippen molar-refractivity contribution in [3.05, 3.63) is 33.5 Å². The van der Waals surface area contributed by atoms with E-state index in [-0.39, 0.29) is 11.9 Å². The number of hydrogen-bond acceptors (Lipinski definition) is 2. The zero-order valence-corrected chi connectivity index (χ0v) is 10.9. The molecule has 1 nitrogen and oxygen atoms in total. The Morgan fingerprint density at radius 2 is 2.27 bits per heavy atom. The van der Waals surface area contributed by atoms with E-state index >= 15 is 0 Å². The molecule has 1 aliphatic rings. The lowest BCUT2D eigenvalue weighted by atomic mass is 9.98. The molecule has 1 heterocycles. The lowest BCUT2D eigenvalue weighted by Gasteiger charge is -2.15. The van der Waals surface area contributed by atoms with Crippen LogP contribution in [0.4, 0.5) is 4.39 Å². The van der Waals surface area contributed by atoms with E-state index in [9.17, 15) is 4.39 Å². The van der Waals surface area contributed by atoms with Crippen molar-refractivity contribution in [3.63, 3.8) is 0 Å². The Labute approximate surface area is 102 Å². The number of rotatable bonds is 0. The summed E-state index contributed by atoms with van der Waals surface area (Å²) in [7, 11) is 0. The Morgan fingerprint density at radius 3 is 3.00 bits per heavy atom. The zero-order chi connectivity index (χ0) is 11.0. The Bertz CT molecular complexity index is 383. The lowest BCUT2D eigenvalue weighted by Crippen LogP contribution is -2.16. The van der Waals surface area contributed by atoms with Crippen molar-refractivity contribution in [1.82, 2.24) is 0 Å². The third-order valence-corrected chi connectivity index (χ3v) is 4.68. The van der Waals surface area contributed by atoms with Crippen LogP contribution in [0, 0.1) is 5.82 Å². The summed E-state index contributed by atoms with van der Waals surface area (Å²) in [6.07, 6.45) is 0.838. The molecule has 4 heteroatoms. The van der Waals surface area contributed by atoms with E-state index < -0.39 is 0 Å². The minimum absolute atomic E-state index is 0.171. The minimum atomic E-state index is -0.178. The van der Waals surface area contributed by atoms with Crippen LogP contribution in [0.5, 0.6) is 0 Å². The Balaban J connectivity index is 2.52. The highest BCUT2D eigenvalue weighted by atomic mass is 79.9. The molecule has 1 unspecified atom stereocenters. The highest BCUT2D eigenvalue weighted by Crippen LogP contribution is 2.38. The largest absolute Gasteiger partial charge is 0.324 e. The van der Waals surface area contributed by atoms with Gasteiger partial charge in [-0.05, 0) is 24.1 Å². The molecule has 0 fully saturated rings. The van der Waals surface area contributed by atoms with Crippen LogP contribution in [-0.2, 0) is 5.75 Å². The average Bonchev–Trinajstić information content (AvgIpc) is 2.32. The van der Waals surface area contributed by atoms with Crippen molar-refractivity contribution in [2.45, 2.75) is 30.4 Å². The number of thioether (sulfide) groups is 1. The summed E-state index contributed by atoms with van der Waals surface area (Å²) in [6, 6.07) is 3.07. The van der Waals surface area contributed by atoms with Crippen molar-refractivity contribution < 1.29 is 4.39 Å². The smallest absolute Gasteiger partial charge is 0.128 e. The summed E-state index contributed by atoms with van der Waals surface area (Å²) in [6.45, 7) is 2.14. The molecule has 2 N–H and O–H groups in total. The van der Waals surface area contributed by atoms with Gasteiger partial charge in [-0.15, -0.1) is 0 Å². The average molecular weight is 290 g/mol. The van der Waals surface area contributed by atoms with Gasteiger partial charge in [0.2, 0.25) is 0 Å². The first-order valence-electron chi connectivity index (χ1n) is 4.93. The van der Waals surface area contributed by atoms with Crippen molar-refractivity contribution in [1.29, 1.82) is 0 Å². The molecule has 0 bridgehead atoms. The third-order valence-electron chi connectivity index (χ3n) is 2.72. The van der Waals surface area contributed by atoms with Crippen LogP contribution >= 0.6 is 27.7 Å². The van der Waals surface area contributed by atoms with Crippen LogP contribution in [0.3, 0.4) is 0 Å². The molecule has 1 aliphatic heterocycles. The molecule has 0 aromatic heterocycles. The second kappa shape index (κ2) is 4.44. The van der Waals surface area contributed by atoms with Gasteiger partial charge in [-0.2, -0.15) is 11.8 Å². The fourth-order valence-corrected chi connectivity index (χ4v) is 3.70. The fraction of sp³-hybridized carbons (Fsp3) is 0.455. The number of nitrogens with two attached hydrogens (primary N) is 1. The monoisotopic (exact) mass is 289 g/mol. The van der Waals surface area contributed by atoms with Gasteiger partial charge in [0, 0.05) is 27.1 Å². The molecule has 0 radical (unpaired) electrons. The minimum Gasteiger partial charge on any atom is -0.324 e. The summed E-state index contributed by atoms with van der Waals surface area (Å²) < 4.78 is 14.7. The molecule has 82 valence electrons. The first-order valence-corrected chi connectivity index (χ1v) is 6.77. The molecule has 2 rings (SSSR count). The van der Waals surface area contributed by atoms with E-state index in [1.54, 1.807) is 6.07 Å². The molecule has 0 saturated carbocycles. The van der Waals surface area contributed by atoms with Gasteiger partial charge in [0.15, 0.2) is 0 Å². The van der Waals surface area contributed by atoms with E-state index in [1.165, 1.54) is 6.07 Å². The van der Waals surface area contributed by atoms with Crippen molar-refractivity contribution >= 4 is 27.7 Å². The lowest BCUT2D eigenvalue weighted by molar-refractivity contribution is 0.562. The van der Waals surface area contributed by atoms with Gasteiger partial charge in [0.25, 0.3) is 0 Å². The highest BCUT2D eigenvalue weighted by Gasteiger charge is 2.24. The van der Waals surface area contributed by atoms with Crippen molar-refractivity contribution in [2.75, 3.05) is 0 Å². The molecule has 1 aromatic rings. The van der Waals surface area contributed by atoms with Gasteiger partial charge in [0.05, 0.1) is 0 Å². The van der Waals surface area contributed by atoms with Gasteiger partial charge in [-0.1, -0.05) is 22.9 Å². The molecular weight excluding hydrogens is 277 g/mol. The van der Waals surface area contributed by atoms with E-state index in [0.29, 0.717) is 10.8 Å². The fourth-order valence-electron chi connectivity index (χ4n) is 1.93. The second-order valence-electron chi connectivity index (χ2n) is 3.89. The van der Waals surface area contributed by atoms with E-state index in [0.717, 1.165) is 22.2 Å². The van der Waals surface area contributed by atoms with E-state index in [2.05, 4.69) is 22.9 Å². The van der Waals surface area contributed by atoms with Gasteiger partial charge in [-0.25, -0.2) is 4.39 Å². The maximum atomic E-state index is 13.7. The van der Waals surface area contributed by atoms with Crippen molar-refractivity contribution in [2.24, 2.45) is 5.73 Å². The first kappa shape index (κ1) is 11.4. The summed E-state index contributed by atoms with van der Waals surface area (Å²) in [5.74, 6) is 0.665. The van der Waals surface area contributed by atoms with Crippen LogP contribution in [0.25, 0.3) is 0 Å². The van der Waals surface area contributed by atoms with E-state index in [1.807, 2.05) is 11.8 Å². The summed E-state index contributed by atoms with van der Waals surface area (Å²) in [5.41, 5.74) is 7.75. The maximum absolute atomic E-state index is 13.7. The standard InChI is InChI=1S/C11H13BrFNS/c1-6-4-10(14)11-7(5-15-6)8(12)2-3-9(11)13/h2-3,6,10H,4-5,14H2,1H3/t6?,10-/m1/s1. The molecule has 2 atom stereocenters. The molecule has 15 heavy (non-hydrogen) atoms. The topological polar surface area (TPSA) is 26.0 Å². The summed E-state index contributed by atoms with van der Waals surface area (Å²) in [4.78, 5) is 0. The highest BCUT2D eigenvalue weighted by molar-refractivity contribution is 9.10. The number of hydrogen-bond donors (Lipinski definition) is 1. The summed E-state index contributed by atoms with van der Waals surface area (Å²) in [5, 5.41) is 0.485. The number of benzene rings is 1. The Kier molecular flexibility index (Phi) is 3.38. The number of halogens is 2. The van der Waals surface area contributed by atoms with Crippen LogP contribution in [-0.4, -0.2) is 5.25 Å². The van der Waals surface area contributed by atoms with Crippen molar-refractivity contribution in [3.8, 4) is 0 Å². The van der Waals surface area contributed by atoms with Gasteiger partial charge < -0.3 is 5.73 Å². The predicted molar refractivity (Wildman–Crippen MR) is 66.4 cm³/mol. The predicted octanol–water partition coefficient (Wildman–Crippen LogP) is 3.61. The molecular formula is C11H13BrFNS. The number of fused-ring (bicyclic) bond motifs is 1. The zero-order valence-electron chi connectivity index (χ0n) is 8.47. The Hall–Kier alpha value is -0.0600.